The minimum Gasteiger partial charge on any atom is -0.488 e. The molecule has 0 aliphatic carbocycles. The molecule has 2 aliphatic heterocycles. The molecule has 2 aliphatic rings. The van der Waals surface area contributed by atoms with Crippen LogP contribution < -0.4 is 4.74 Å². The first kappa shape index (κ1) is 14.3. The SMILES string of the molecule is O=C(O)CN1CCN(CC2Cc3cc(F)ccc3O2)CC1. The highest BCUT2D eigenvalue weighted by molar-refractivity contribution is 5.69. The summed E-state index contributed by atoms with van der Waals surface area (Å²) in [5, 5.41) is 8.78. The van der Waals surface area contributed by atoms with Crippen LogP contribution in [0.15, 0.2) is 18.2 Å². The van der Waals surface area contributed by atoms with Crippen LogP contribution in [-0.2, 0) is 11.2 Å². The first-order valence-electron chi connectivity index (χ1n) is 7.22. The quantitative estimate of drug-likeness (QED) is 0.891. The zero-order valence-electron chi connectivity index (χ0n) is 11.8. The van der Waals surface area contributed by atoms with E-state index in [-0.39, 0.29) is 18.5 Å². The van der Waals surface area contributed by atoms with Crippen LogP contribution in [0.3, 0.4) is 0 Å². The molecule has 1 N–H and O–H groups in total. The topological polar surface area (TPSA) is 53.0 Å². The number of aliphatic carboxylic acids is 1. The van der Waals surface area contributed by atoms with Crippen molar-refractivity contribution < 1.29 is 19.0 Å². The van der Waals surface area contributed by atoms with Crippen LogP contribution in [0.4, 0.5) is 4.39 Å². The number of hydrogen-bond donors (Lipinski definition) is 1. The number of carbonyl (C=O) groups is 1. The Hall–Kier alpha value is -1.66. The molecule has 0 amide bonds. The van der Waals surface area contributed by atoms with E-state index in [0.717, 1.165) is 50.5 Å². The fourth-order valence-electron chi connectivity index (χ4n) is 3.00. The number of carboxylic acid groups (broad SMARTS) is 1. The normalized spacial score (nSPS) is 22.8. The van der Waals surface area contributed by atoms with Gasteiger partial charge in [0.15, 0.2) is 0 Å². The molecule has 5 nitrogen and oxygen atoms in total. The molecule has 1 fully saturated rings. The van der Waals surface area contributed by atoms with Crippen molar-refractivity contribution in [1.82, 2.24) is 9.80 Å². The third-order valence-electron chi connectivity index (χ3n) is 4.05. The summed E-state index contributed by atoms with van der Waals surface area (Å²) in [5.41, 5.74) is 0.935. The molecular formula is C15H19FN2O3. The third-order valence-corrected chi connectivity index (χ3v) is 4.05. The van der Waals surface area contributed by atoms with Crippen molar-refractivity contribution in [1.29, 1.82) is 0 Å². The number of fused-ring (bicyclic) bond motifs is 1. The molecular weight excluding hydrogens is 275 g/mol. The molecule has 1 unspecified atom stereocenters. The zero-order valence-corrected chi connectivity index (χ0v) is 11.8. The van der Waals surface area contributed by atoms with E-state index < -0.39 is 5.97 Å². The van der Waals surface area contributed by atoms with Gasteiger partial charge in [0.25, 0.3) is 0 Å². The lowest BCUT2D eigenvalue weighted by atomic mass is 10.1. The Bertz CT molecular complexity index is 530. The van der Waals surface area contributed by atoms with Gasteiger partial charge in [-0.15, -0.1) is 0 Å². The van der Waals surface area contributed by atoms with Crippen molar-refractivity contribution in [3.63, 3.8) is 0 Å². The largest absolute Gasteiger partial charge is 0.488 e. The average Bonchev–Trinajstić information content (AvgIpc) is 2.82. The first-order chi connectivity index (χ1) is 10.1. The van der Waals surface area contributed by atoms with Gasteiger partial charge in [0.2, 0.25) is 0 Å². The molecule has 1 aromatic rings. The summed E-state index contributed by atoms with van der Waals surface area (Å²) >= 11 is 0. The Balaban J connectivity index is 1.48. The summed E-state index contributed by atoms with van der Waals surface area (Å²) in [5.74, 6) is -0.216. The molecule has 21 heavy (non-hydrogen) atoms. The maximum Gasteiger partial charge on any atom is 0.317 e. The molecule has 1 aromatic carbocycles. The maximum atomic E-state index is 13.2. The van der Waals surface area contributed by atoms with E-state index in [1.54, 1.807) is 12.1 Å². The van der Waals surface area contributed by atoms with Crippen LogP contribution in [0, 0.1) is 5.82 Å². The van der Waals surface area contributed by atoms with Gasteiger partial charge in [-0.25, -0.2) is 4.39 Å². The first-order valence-corrected chi connectivity index (χ1v) is 7.22. The molecule has 3 rings (SSSR count). The van der Waals surface area contributed by atoms with Crippen LogP contribution in [0.25, 0.3) is 0 Å². The van der Waals surface area contributed by atoms with Crippen molar-refractivity contribution in [2.24, 2.45) is 0 Å². The predicted octanol–water partition coefficient (Wildman–Crippen LogP) is 0.831. The summed E-state index contributed by atoms with van der Waals surface area (Å²) in [6.45, 7) is 4.13. The predicted molar refractivity (Wildman–Crippen MR) is 75.0 cm³/mol. The molecule has 0 spiro atoms. The highest BCUT2D eigenvalue weighted by Crippen LogP contribution is 2.29. The lowest BCUT2D eigenvalue weighted by Gasteiger charge is -2.34. The molecule has 114 valence electrons. The number of piperazine rings is 1. The van der Waals surface area contributed by atoms with Crippen LogP contribution >= 0.6 is 0 Å². The average molecular weight is 294 g/mol. The van der Waals surface area contributed by atoms with Gasteiger partial charge in [-0.05, 0) is 18.2 Å². The maximum absolute atomic E-state index is 13.2. The molecule has 0 radical (unpaired) electrons. The van der Waals surface area contributed by atoms with Gasteiger partial charge in [0.05, 0.1) is 6.54 Å². The Labute approximate surface area is 122 Å². The van der Waals surface area contributed by atoms with Crippen molar-refractivity contribution in [3.05, 3.63) is 29.6 Å². The summed E-state index contributed by atoms with van der Waals surface area (Å²) in [4.78, 5) is 14.9. The van der Waals surface area contributed by atoms with Gasteiger partial charge >= 0.3 is 5.97 Å². The smallest absolute Gasteiger partial charge is 0.317 e. The van der Waals surface area contributed by atoms with Crippen LogP contribution in [0.2, 0.25) is 0 Å². The summed E-state index contributed by atoms with van der Waals surface area (Å²) in [6, 6.07) is 4.65. The van der Waals surface area contributed by atoms with Gasteiger partial charge in [0, 0.05) is 44.7 Å². The van der Waals surface area contributed by atoms with Crippen molar-refractivity contribution in [2.45, 2.75) is 12.5 Å². The van der Waals surface area contributed by atoms with E-state index in [1.807, 2.05) is 4.90 Å². The Morgan fingerprint density at radius 3 is 2.71 bits per heavy atom. The second kappa shape index (κ2) is 5.99. The Morgan fingerprint density at radius 2 is 2.00 bits per heavy atom. The molecule has 0 aromatic heterocycles. The van der Waals surface area contributed by atoms with E-state index in [2.05, 4.69) is 4.90 Å². The highest BCUT2D eigenvalue weighted by Gasteiger charge is 2.27. The molecule has 1 atom stereocenters. The highest BCUT2D eigenvalue weighted by atomic mass is 19.1. The standard InChI is InChI=1S/C15H19FN2O3/c16-12-1-2-14-11(7-12)8-13(21-14)9-17-3-5-18(6-4-17)10-15(19)20/h1-2,7,13H,3-6,8-10H2,(H,19,20). The lowest BCUT2D eigenvalue weighted by Crippen LogP contribution is -2.50. The zero-order chi connectivity index (χ0) is 14.8. The van der Waals surface area contributed by atoms with Crippen LogP contribution in [0.5, 0.6) is 5.75 Å². The fraction of sp³-hybridized carbons (Fsp3) is 0.533. The summed E-state index contributed by atoms with van der Waals surface area (Å²) < 4.78 is 19.0. The molecule has 2 heterocycles. The Kier molecular flexibility index (Phi) is 4.07. The molecule has 1 saturated heterocycles. The molecule has 0 bridgehead atoms. The third kappa shape index (κ3) is 3.51. The number of nitrogens with zero attached hydrogens (tertiary/aromatic N) is 2. The number of hydrogen-bond acceptors (Lipinski definition) is 4. The number of halogens is 1. The second-order valence-corrected chi connectivity index (χ2v) is 5.67. The number of benzene rings is 1. The van der Waals surface area contributed by atoms with Crippen LogP contribution in [0.1, 0.15) is 5.56 Å². The number of carboxylic acids is 1. The lowest BCUT2D eigenvalue weighted by molar-refractivity contribution is -0.138. The van der Waals surface area contributed by atoms with E-state index in [9.17, 15) is 9.18 Å². The minimum atomic E-state index is -0.778. The fourth-order valence-corrected chi connectivity index (χ4v) is 3.00. The van der Waals surface area contributed by atoms with E-state index in [4.69, 9.17) is 9.84 Å². The summed E-state index contributed by atoms with van der Waals surface area (Å²) in [6.07, 6.45) is 0.801. The van der Waals surface area contributed by atoms with E-state index in [0.29, 0.717) is 0 Å². The van der Waals surface area contributed by atoms with Crippen molar-refractivity contribution in [2.75, 3.05) is 39.3 Å². The van der Waals surface area contributed by atoms with Gasteiger partial charge in [0.1, 0.15) is 17.7 Å². The van der Waals surface area contributed by atoms with E-state index in [1.165, 1.54) is 6.07 Å². The number of ether oxygens (including phenoxy) is 1. The van der Waals surface area contributed by atoms with Crippen molar-refractivity contribution in [3.8, 4) is 5.75 Å². The molecule has 6 heteroatoms. The summed E-state index contributed by atoms with van der Waals surface area (Å²) in [7, 11) is 0. The van der Waals surface area contributed by atoms with Gasteiger partial charge in [-0.2, -0.15) is 0 Å². The second-order valence-electron chi connectivity index (χ2n) is 5.67. The van der Waals surface area contributed by atoms with Crippen LogP contribution in [-0.4, -0.2) is 66.2 Å². The monoisotopic (exact) mass is 294 g/mol. The van der Waals surface area contributed by atoms with E-state index >= 15 is 0 Å². The molecule has 0 saturated carbocycles. The van der Waals surface area contributed by atoms with Gasteiger partial charge < -0.3 is 9.84 Å². The van der Waals surface area contributed by atoms with Gasteiger partial charge in [-0.3, -0.25) is 14.6 Å². The minimum absolute atomic E-state index is 0.0628. The van der Waals surface area contributed by atoms with Gasteiger partial charge in [-0.1, -0.05) is 0 Å². The van der Waals surface area contributed by atoms with Crippen molar-refractivity contribution >= 4 is 5.97 Å². The number of rotatable bonds is 4. The Morgan fingerprint density at radius 1 is 1.29 bits per heavy atom.